The highest BCUT2D eigenvalue weighted by Gasteiger charge is 2.32. The molecule has 7 rings (SSSR count). The van der Waals surface area contributed by atoms with Crippen LogP contribution in [-0.4, -0.2) is 24.2 Å². The molecule has 0 saturated carbocycles. The minimum atomic E-state index is -0.636. The van der Waals surface area contributed by atoms with Crippen molar-refractivity contribution < 1.29 is 9.67 Å². The highest BCUT2D eigenvalue weighted by Crippen LogP contribution is 2.41. The Morgan fingerprint density at radius 1 is 0.673 bits per heavy atom. The quantitative estimate of drug-likeness (QED) is 0.145. The van der Waals surface area contributed by atoms with Gasteiger partial charge in [0, 0.05) is 35.7 Å². The molecule has 1 N–H and O–H groups in total. The van der Waals surface area contributed by atoms with E-state index in [9.17, 15) is 5.11 Å². The van der Waals surface area contributed by atoms with E-state index in [0.717, 1.165) is 55.6 Å². The Morgan fingerprint density at radius 3 is 2.08 bits per heavy atom. The number of fused-ring (bicyclic) bond motifs is 2. The zero-order valence-corrected chi connectivity index (χ0v) is 32.5. The van der Waals surface area contributed by atoms with Crippen molar-refractivity contribution in [3.8, 4) is 33.8 Å². The van der Waals surface area contributed by atoms with Crippen molar-refractivity contribution in [1.29, 1.82) is 0 Å². The van der Waals surface area contributed by atoms with Crippen LogP contribution in [0.25, 0.3) is 50.0 Å². The molecule has 0 radical (unpaired) electrons. The predicted octanol–water partition coefficient (Wildman–Crippen LogP) is 10.6. The second kappa shape index (κ2) is 12.2. The molecule has 0 spiro atoms. The zero-order valence-electron chi connectivity index (χ0n) is 32.5. The largest absolute Gasteiger partial charge is 0.513 e. The van der Waals surface area contributed by atoms with Gasteiger partial charge in [-0.1, -0.05) is 123 Å². The van der Waals surface area contributed by atoms with Gasteiger partial charge in [0.1, 0.15) is 5.75 Å². The normalized spacial score (nSPS) is 13.0. The Balaban J connectivity index is 1.42. The van der Waals surface area contributed by atoms with Gasteiger partial charge < -0.3 is 14.2 Å². The number of rotatable bonds is 5. The van der Waals surface area contributed by atoms with E-state index in [-0.39, 0.29) is 22.0 Å². The number of pyridine rings is 2. The lowest BCUT2D eigenvalue weighted by Gasteiger charge is -2.28. The van der Waals surface area contributed by atoms with Crippen LogP contribution in [0.4, 0.5) is 0 Å². The van der Waals surface area contributed by atoms with E-state index in [2.05, 4.69) is 176 Å². The van der Waals surface area contributed by atoms with Crippen molar-refractivity contribution >= 4 is 21.9 Å². The molecule has 7 aromatic rings. The Hall–Kier alpha value is -5.23. The number of para-hydroxylation sites is 2. The molecule has 4 aromatic heterocycles. The van der Waals surface area contributed by atoms with E-state index in [0.29, 0.717) is 0 Å². The molecule has 6 heteroatoms. The monoisotopic (exact) mass is 689 g/mol. The van der Waals surface area contributed by atoms with Crippen LogP contribution >= 0.6 is 0 Å². The molecule has 0 fully saturated rings. The number of imidazole rings is 1. The van der Waals surface area contributed by atoms with Crippen molar-refractivity contribution in [2.75, 3.05) is 0 Å². The summed E-state index contributed by atoms with van der Waals surface area (Å²) in [6, 6.07) is 27.7. The Kier molecular flexibility index (Phi) is 8.24. The maximum Gasteiger partial charge on any atom is 0.246 e. The lowest BCUT2D eigenvalue weighted by Crippen LogP contribution is -2.56. The zero-order chi connectivity index (χ0) is 37.4. The van der Waals surface area contributed by atoms with Gasteiger partial charge in [0.05, 0.1) is 27.9 Å². The van der Waals surface area contributed by atoms with Crippen LogP contribution in [0.3, 0.4) is 0 Å². The third-order valence-corrected chi connectivity index (χ3v) is 10.4. The first-order valence-corrected chi connectivity index (χ1v) is 18.2. The molecule has 0 bridgehead atoms. The molecule has 0 aliphatic rings. The summed E-state index contributed by atoms with van der Waals surface area (Å²) in [6.45, 7) is 24.3. The van der Waals surface area contributed by atoms with Crippen LogP contribution in [0.1, 0.15) is 92.9 Å². The minimum absolute atomic E-state index is 0.00390. The Morgan fingerprint density at radius 2 is 1.37 bits per heavy atom. The predicted molar refractivity (Wildman–Crippen MR) is 213 cm³/mol. The fourth-order valence-electron chi connectivity index (χ4n) is 7.42. The molecular weight excluding hydrogens is 639 g/mol. The standard InChI is InChI=1S/C46H51N5O/c1-43(2,3)31-25-36(45(7,8)9)42(52)41(26-31)49-29-51(40-19-15-14-18-39(40)49)46(10,11)50-28-34(33-27-47-22-21-38(33)50)37-24-30(20-23-48-37)32-16-12-13-17-35(32)44(4,5)6/h12-28,52H,1-11H3. The highest BCUT2D eigenvalue weighted by molar-refractivity contribution is 5.95. The van der Waals surface area contributed by atoms with Crippen LogP contribution < -0.4 is 4.57 Å². The van der Waals surface area contributed by atoms with E-state index < -0.39 is 5.66 Å². The van der Waals surface area contributed by atoms with Gasteiger partial charge in [-0.05, 0) is 76.1 Å². The highest BCUT2D eigenvalue weighted by atomic mass is 16.3. The van der Waals surface area contributed by atoms with Crippen molar-refractivity contribution in [3.63, 3.8) is 0 Å². The Labute approximate surface area is 308 Å². The summed E-state index contributed by atoms with van der Waals surface area (Å²) in [5, 5.41) is 13.0. The minimum Gasteiger partial charge on any atom is -0.513 e. The van der Waals surface area contributed by atoms with Crippen LogP contribution in [0.2, 0.25) is 0 Å². The number of benzene rings is 3. The van der Waals surface area contributed by atoms with E-state index in [1.54, 1.807) is 0 Å². The second-order valence-corrected chi connectivity index (χ2v) is 17.7. The first-order valence-electron chi connectivity index (χ1n) is 18.2. The average Bonchev–Trinajstić information content (AvgIpc) is 3.68. The Bertz CT molecular complexity index is 2460. The number of aromatic hydroxyl groups is 1. The molecule has 0 amide bonds. The van der Waals surface area contributed by atoms with E-state index in [1.165, 1.54) is 11.1 Å². The van der Waals surface area contributed by atoms with Crippen LogP contribution in [0.15, 0.2) is 104 Å². The van der Waals surface area contributed by atoms with Gasteiger partial charge in [-0.25, -0.2) is 0 Å². The number of hydrogen-bond donors (Lipinski definition) is 1. The molecule has 52 heavy (non-hydrogen) atoms. The van der Waals surface area contributed by atoms with E-state index in [4.69, 9.17) is 4.98 Å². The maximum atomic E-state index is 11.9. The van der Waals surface area contributed by atoms with Crippen LogP contribution in [-0.2, 0) is 21.9 Å². The van der Waals surface area contributed by atoms with Gasteiger partial charge in [0.25, 0.3) is 0 Å². The fourth-order valence-corrected chi connectivity index (χ4v) is 7.42. The fraction of sp³-hybridized carbons (Fsp3) is 0.326. The van der Waals surface area contributed by atoms with Crippen molar-refractivity contribution in [1.82, 2.24) is 19.1 Å². The van der Waals surface area contributed by atoms with Gasteiger partial charge in [-0.15, -0.1) is 0 Å². The first kappa shape index (κ1) is 35.2. The smallest absolute Gasteiger partial charge is 0.246 e. The topological polar surface area (TPSA) is 59.8 Å². The van der Waals surface area contributed by atoms with Crippen molar-refractivity contribution in [2.24, 2.45) is 0 Å². The maximum absolute atomic E-state index is 11.9. The third kappa shape index (κ3) is 5.98. The van der Waals surface area contributed by atoms with E-state index >= 15 is 0 Å². The average molecular weight is 690 g/mol. The van der Waals surface area contributed by atoms with Crippen LogP contribution in [0.5, 0.6) is 5.75 Å². The van der Waals surface area contributed by atoms with Gasteiger partial charge in [-0.2, -0.15) is 0 Å². The molecule has 0 unspecified atom stereocenters. The molecule has 6 nitrogen and oxygen atoms in total. The molecule has 0 aliphatic carbocycles. The molecule has 266 valence electrons. The molecule has 3 aromatic carbocycles. The SMILES string of the molecule is CC(C)(C)c1cc(-n2[c-][n+](C(C)(C)n3cc(-c4cc(-c5ccccc5C(C)(C)C)ccn4)c4cnccc43)c3ccccc32)c(O)c(C(C)(C)C)c1. The lowest BCUT2D eigenvalue weighted by molar-refractivity contribution is -0.744. The molecular formula is C46H51N5O. The van der Waals surface area contributed by atoms with Gasteiger partial charge in [0.2, 0.25) is 6.33 Å². The molecule has 4 heterocycles. The third-order valence-electron chi connectivity index (χ3n) is 10.4. The lowest BCUT2D eigenvalue weighted by atomic mass is 9.79. The molecule has 0 aliphatic heterocycles. The number of aromatic nitrogens is 5. The number of hydrogen-bond acceptors (Lipinski definition) is 3. The summed E-state index contributed by atoms with van der Waals surface area (Å²) in [6.07, 6.45) is 11.6. The first-order chi connectivity index (χ1) is 24.4. The van der Waals surface area contributed by atoms with Crippen molar-refractivity contribution in [2.45, 2.75) is 98.1 Å². The summed E-state index contributed by atoms with van der Waals surface area (Å²) in [7, 11) is 0. The summed E-state index contributed by atoms with van der Waals surface area (Å²) >= 11 is 0. The van der Waals surface area contributed by atoms with E-state index in [1.807, 2.05) is 29.2 Å². The van der Waals surface area contributed by atoms with Gasteiger partial charge >= 0.3 is 0 Å². The summed E-state index contributed by atoms with van der Waals surface area (Å²) < 4.78 is 6.52. The van der Waals surface area contributed by atoms with Crippen LogP contribution in [0, 0.1) is 6.33 Å². The van der Waals surface area contributed by atoms with Gasteiger partial charge in [0.15, 0.2) is 5.66 Å². The number of nitrogens with zero attached hydrogens (tertiary/aromatic N) is 5. The van der Waals surface area contributed by atoms with Gasteiger partial charge in [-0.3, -0.25) is 14.5 Å². The number of phenolic OH excluding ortho intramolecular Hbond substituents is 1. The second-order valence-electron chi connectivity index (χ2n) is 17.7. The molecule has 0 saturated heterocycles. The summed E-state index contributed by atoms with van der Waals surface area (Å²) in [5.74, 6) is 0.279. The number of phenols is 1. The summed E-state index contributed by atoms with van der Waals surface area (Å²) in [5.41, 5.74) is 10.4. The molecule has 0 atom stereocenters. The van der Waals surface area contributed by atoms with Crippen molar-refractivity contribution in [3.05, 3.63) is 127 Å². The summed E-state index contributed by atoms with van der Waals surface area (Å²) in [4.78, 5) is 9.48.